The molecule has 1 aromatic rings. The Bertz CT molecular complexity index is 456. The molecule has 2 rings (SSSR count). The number of anilines is 1. The Hall–Kier alpha value is -0.700. The van der Waals surface area contributed by atoms with Crippen molar-refractivity contribution < 1.29 is 16.2 Å². The standard InChI is InChI=1S/C13H16F3IN2O/c1-18(17-20)11-6-8-19(9-7-11)12-4-2-10(3-5-12)13(14,15)16/h2-5,11H,6-9H2,1H3. The minimum atomic E-state index is -4.29. The molecule has 0 amide bonds. The second-order valence-corrected chi connectivity index (χ2v) is 6.77. The SMILES string of the molecule is CN(I=O)C1CCN(c2ccc(C(F)(F)F)cc2)CC1. The van der Waals surface area contributed by atoms with Gasteiger partial charge < -0.3 is 4.90 Å². The molecule has 112 valence electrons. The lowest BCUT2D eigenvalue weighted by molar-refractivity contribution is -0.137. The normalized spacial score (nSPS) is 17.8. The van der Waals surface area contributed by atoms with Gasteiger partial charge in [0.1, 0.15) is 0 Å². The van der Waals surface area contributed by atoms with E-state index in [0.29, 0.717) is 6.04 Å². The van der Waals surface area contributed by atoms with Crippen molar-refractivity contribution in [3.8, 4) is 0 Å². The van der Waals surface area contributed by atoms with Gasteiger partial charge in [0, 0.05) is 24.8 Å². The van der Waals surface area contributed by atoms with E-state index in [0.717, 1.165) is 43.8 Å². The van der Waals surface area contributed by atoms with Crippen LogP contribution in [0.2, 0.25) is 0 Å². The average molecular weight is 400 g/mol. The number of hydrogen-bond acceptors (Lipinski definition) is 2. The minimum Gasteiger partial charge on any atom is -0.371 e. The number of alkyl halides is 3. The molecule has 1 aliphatic rings. The van der Waals surface area contributed by atoms with Crippen LogP contribution in [0.25, 0.3) is 0 Å². The number of hydrogen-bond donors (Lipinski definition) is 0. The molecule has 0 radical (unpaired) electrons. The summed E-state index contributed by atoms with van der Waals surface area (Å²) < 4.78 is 50.3. The highest BCUT2D eigenvalue weighted by molar-refractivity contribution is 14.1. The Morgan fingerprint density at radius 1 is 1.20 bits per heavy atom. The lowest BCUT2D eigenvalue weighted by Crippen LogP contribution is -2.40. The van der Waals surface area contributed by atoms with Crippen LogP contribution in [0.5, 0.6) is 0 Å². The first-order valence-corrected chi connectivity index (χ1v) is 8.19. The molecule has 0 unspecified atom stereocenters. The molecule has 0 aromatic heterocycles. The molecule has 1 heterocycles. The van der Waals surface area contributed by atoms with Crippen molar-refractivity contribution in [1.29, 1.82) is 0 Å². The topological polar surface area (TPSA) is 23.6 Å². The number of halogens is 4. The summed E-state index contributed by atoms with van der Waals surface area (Å²) in [6.45, 7) is 1.56. The van der Waals surface area contributed by atoms with Crippen LogP contribution in [0, 0.1) is 0 Å². The van der Waals surface area contributed by atoms with E-state index in [1.807, 2.05) is 10.2 Å². The van der Waals surface area contributed by atoms with Crippen LogP contribution in [0.15, 0.2) is 24.3 Å². The zero-order chi connectivity index (χ0) is 14.8. The summed E-state index contributed by atoms with van der Waals surface area (Å²) in [7, 11) is 1.86. The lowest BCUT2D eigenvalue weighted by Gasteiger charge is -2.35. The molecule has 0 atom stereocenters. The van der Waals surface area contributed by atoms with Gasteiger partial charge in [0.2, 0.25) is 21.5 Å². The molecule has 0 bridgehead atoms. The Morgan fingerprint density at radius 2 is 1.75 bits per heavy atom. The summed E-state index contributed by atoms with van der Waals surface area (Å²) >= 11 is -1.13. The summed E-state index contributed by atoms with van der Waals surface area (Å²) in [5, 5.41) is 0. The molecule has 0 aliphatic carbocycles. The van der Waals surface area contributed by atoms with Gasteiger partial charge in [-0.15, -0.1) is 0 Å². The van der Waals surface area contributed by atoms with E-state index < -0.39 is 33.2 Å². The predicted octanol–water partition coefficient (Wildman–Crippen LogP) is 3.84. The molecule has 0 saturated carbocycles. The quantitative estimate of drug-likeness (QED) is 0.569. The molecule has 7 heteroatoms. The highest BCUT2D eigenvalue weighted by Gasteiger charge is 2.30. The van der Waals surface area contributed by atoms with Gasteiger partial charge in [0.05, 0.1) is 5.56 Å². The van der Waals surface area contributed by atoms with Gasteiger partial charge >= 0.3 is 6.18 Å². The van der Waals surface area contributed by atoms with E-state index in [4.69, 9.17) is 0 Å². The first-order chi connectivity index (χ1) is 9.41. The van der Waals surface area contributed by atoms with Gasteiger partial charge in [-0.3, -0.25) is 3.07 Å². The van der Waals surface area contributed by atoms with Crippen LogP contribution in [-0.4, -0.2) is 29.3 Å². The maximum absolute atomic E-state index is 12.5. The summed E-state index contributed by atoms with van der Waals surface area (Å²) in [5.74, 6) is 0. The second kappa shape index (κ2) is 6.38. The number of piperidine rings is 1. The van der Waals surface area contributed by atoms with Crippen molar-refractivity contribution in [2.75, 3.05) is 25.0 Å². The van der Waals surface area contributed by atoms with Crippen LogP contribution in [0.1, 0.15) is 18.4 Å². The van der Waals surface area contributed by atoms with Crippen molar-refractivity contribution in [3.63, 3.8) is 0 Å². The monoisotopic (exact) mass is 400 g/mol. The van der Waals surface area contributed by atoms with E-state index in [1.54, 1.807) is 0 Å². The Morgan fingerprint density at radius 3 is 2.20 bits per heavy atom. The predicted molar refractivity (Wildman–Crippen MR) is 79.1 cm³/mol. The average Bonchev–Trinajstić information content (AvgIpc) is 2.46. The molecular formula is C13H16F3IN2O. The third-order valence-corrected chi connectivity index (χ3v) is 5.05. The maximum atomic E-state index is 12.5. The van der Waals surface area contributed by atoms with Crippen LogP contribution >= 0.6 is 21.5 Å². The van der Waals surface area contributed by atoms with Gasteiger partial charge in [-0.2, -0.15) is 13.2 Å². The highest BCUT2D eigenvalue weighted by Crippen LogP contribution is 2.31. The summed E-state index contributed by atoms with van der Waals surface area (Å²) in [6, 6.07) is 5.61. The van der Waals surface area contributed by atoms with Gasteiger partial charge in [0.15, 0.2) is 0 Å². The fraction of sp³-hybridized carbons (Fsp3) is 0.538. The van der Waals surface area contributed by atoms with E-state index in [1.165, 1.54) is 12.1 Å². The molecule has 3 nitrogen and oxygen atoms in total. The van der Waals surface area contributed by atoms with Crippen LogP contribution in [0.3, 0.4) is 0 Å². The van der Waals surface area contributed by atoms with Crippen molar-refractivity contribution >= 4 is 27.2 Å². The van der Waals surface area contributed by atoms with Gasteiger partial charge in [-0.25, -0.2) is 3.11 Å². The molecule has 1 aromatic carbocycles. The van der Waals surface area contributed by atoms with Gasteiger partial charge in [-0.1, -0.05) is 0 Å². The Balaban J connectivity index is 1.99. The maximum Gasteiger partial charge on any atom is 0.416 e. The van der Waals surface area contributed by atoms with E-state index >= 15 is 0 Å². The summed E-state index contributed by atoms with van der Waals surface area (Å²) in [5.41, 5.74) is 0.197. The second-order valence-electron chi connectivity index (χ2n) is 4.86. The van der Waals surface area contributed by atoms with Gasteiger partial charge in [0.25, 0.3) is 0 Å². The number of rotatable bonds is 3. The smallest absolute Gasteiger partial charge is 0.371 e. The molecule has 1 saturated heterocycles. The molecule has 20 heavy (non-hydrogen) atoms. The molecule has 1 aliphatic heterocycles. The first kappa shape index (κ1) is 15.7. The molecule has 0 N–H and O–H groups in total. The number of benzene rings is 1. The van der Waals surface area contributed by atoms with E-state index in [9.17, 15) is 16.2 Å². The fourth-order valence-corrected chi connectivity index (χ4v) is 3.28. The lowest BCUT2D eigenvalue weighted by atomic mass is 10.0. The fourth-order valence-electron chi connectivity index (χ4n) is 2.40. The third kappa shape index (κ3) is 3.69. The highest BCUT2D eigenvalue weighted by atomic mass is 127. The van der Waals surface area contributed by atoms with Gasteiger partial charge in [-0.05, 0) is 44.2 Å². The van der Waals surface area contributed by atoms with Crippen molar-refractivity contribution in [2.24, 2.45) is 0 Å². The zero-order valence-corrected chi connectivity index (χ0v) is 13.2. The van der Waals surface area contributed by atoms with Crippen LogP contribution in [0.4, 0.5) is 18.9 Å². The van der Waals surface area contributed by atoms with Crippen LogP contribution in [-0.2, 0) is 9.25 Å². The number of nitrogens with zero attached hydrogens (tertiary/aromatic N) is 2. The van der Waals surface area contributed by atoms with Crippen molar-refractivity contribution in [1.82, 2.24) is 3.11 Å². The molecule has 1 fully saturated rings. The van der Waals surface area contributed by atoms with Crippen molar-refractivity contribution in [3.05, 3.63) is 29.8 Å². The third-order valence-electron chi connectivity index (χ3n) is 3.64. The summed E-state index contributed by atoms with van der Waals surface area (Å²) in [4.78, 5) is 2.08. The zero-order valence-electron chi connectivity index (χ0n) is 11.0. The summed E-state index contributed by atoms with van der Waals surface area (Å²) in [6.07, 6.45) is -2.51. The minimum absolute atomic E-state index is 0.325. The molecule has 0 spiro atoms. The van der Waals surface area contributed by atoms with E-state index in [2.05, 4.69) is 4.90 Å². The van der Waals surface area contributed by atoms with Crippen LogP contribution < -0.4 is 4.90 Å². The van der Waals surface area contributed by atoms with Crippen molar-refractivity contribution in [2.45, 2.75) is 25.1 Å². The largest absolute Gasteiger partial charge is 0.416 e. The first-order valence-electron chi connectivity index (χ1n) is 6.34. The van der Waals surface area contributed by atoms with E-state index in [-0.39, 0.29) is 0 Å². The molecular weight excluding hydrogens is 384 g/mol. The Labute approximate surface area is 126 Å². The Kier molecular flexibility index (Phi) is 5.00.